The first-order valence-electron chi connectivity index (χ1n) is 5.69. The second kappa shape index (κ2) is 5.56. The Bertz CT molecular complexity index is 557. The predicted octanol–water partition coefficient (Wildman–Crippen LogP) is 1.54. The summed E-state index contributed by atoms with van der Waals surface area (Å²) in [5, 5.41) is 9.31. The molecule has 0 aliphatic rings. The SMILES string of the molecule is CN(CCC(=O)O)S(=O)(=O)c1cnc(C(C)(C)C)s1. The molecule has 0 fully saturated rings. The summed E-state index contributed by atoms with van der Waals surface area (Å²) in [6.45, 7) is 5.81. The highest BCUT2D eigenvalue weighted by atomic mass is 32.2. The summed E-state index contributed by atoms with van der Waals surface area (Å²) >= 11 is 1.12. The molecule has 0 radical (unpaired) electrons. The number of hydrogen-bond acceptors (Lipinski definition) is 5. The summed E-state index contributed by atoms with van der Waals surface area (Å²) in [5.41, 5.74) is -0.210. The van der Waals surface area contributed by atoms with Crippen LogP contribution in [0.15, 0.2) is 10.4 Å². The van der Waals surface area contributed by atoms with Gasteiger partial charge in [0.2, 0.25) is 0 Å². The number of aliphatic carboxylic acids is 1. The lowest BCUT2D eigenvalue weighted by molar-refractivity contribution is -0.137. The third kappa shape index (κ3) is 3.99. The highest BCUT2D eigenvalue weighted by Crippen LogP contribution is 2.30. The summed E-state index contributed by atoms with van der Waals surface area (Å²) < 4.78 is 25.6. The van der Waals surface area contributed by atoms with Crippen LogP contribution >= 0.6 is 11.3 Å². The van der Waals surface area contributed by atoms with Crippen LogP contribution in [0.1, 0.15) is 32.2 Å². The molecule has 0 atom stereocenters. The molecule has 108 valence electrons. The van der Waals surface area contributed by atoms with Crippen LogP contribution in [0.25, 0.3) is 0 Å². The van der Waals surface area contributed by atoms with Gasteiger partial charge in [0.25, 0.3) is 10.0 Å². The molecule has 0 amide bonds. The van der Waals surface area contributed by atoms with Crippen LogP contribution in [0.4, 0.5) is 0 Å². The minimum atomic E-state index is -3.65. The van der Waals surface area contributed by atoms with E-state index in [0.717, 1.165) is 20.6 Å². The number of carbonyl (C=O) groups is 1. The van der Waals surface area contributed by atoms with E-state index in [-0.39, 0.29) is 22.6 Å². The van der Waals surface area contributed by atoms with Crippen molar-refractivity contribution in [1.82, 2.24) is 9.29 Å². The third-order valence-corrected chi connectivity index (χ3v) is 6.15. The lowest BCUT2D eigenvalue weighted by Crippen LogP contribution is -2.28. The molecular formula is C11H18N2O4S2. The van der Waals surface area contributed by atoms with Crippen molar-refractivity contribution in [3.8, 4) is 0 Å². The summed E-state index contributed by atoms with van der Waals surface area (Å²) in [6, 6.07) is 0. The standard InChI is InChI=1S/C11H18N2O4S2/c1-11(2,3)10-12-7-9(18-10)19(16,17)13(4)6-5-8(14)15/h7H,5-6H2,1-4H3,(H,14,15). The Morgan fingerprint density at radius 3 is 2.47 bits per heavy atom. The van der Waals surface area contributed by atoms with Gasteiger partial charge in [-0.1, -0.05) is 20.8 Å². The average Bonchev–Trinajstić information content (AvgIpc) is 2.74. The number of nitrogens with zero attached hydrogens (tertiary/aromatic N) is 2. The van der Waals surface area contributed by atoms with E-state index in [0.29, 0.717) is 0 Å². The maximum atomic E-state index is 12.2. The zero-order valence-electron chi connectivity index (χ0n) is 11.4. The normalized spacial score (nSPS) is 12.9. The fourth-order valence-corrected chi connectivity index (χ4v) is 3.82. The molecule has 8 heteroatoms. The van der Waals surface area contributed by atoms with Crippen LogP contribution < -0.4 is 0 Å². The minimum absolute atomic E-state index is 0.0551. The van der Waals surface area contributed by atoms with Crippen molar-refractivity contribution in [3.05, 3.63) is 11.2 Å². The van der Waals surface area contributed by atoms with E-state index in [1.165, 1.54) is 13.2 Å². The molecule has 6 nitrogen and oxygen atoms in total. The Morgan fingerprint density at radius 2 is 2.05 bits per heavy atom. The molecule has 0 aromatic carbocycles. The Labute approximate surface area is 117 Å². The van der Waals surface area contributed by atoms with Crippen molar-refractivity contribution in [1.29, 1.82) is 0 Å². The van der Waals surface area contributed by atoms with Gasteiger partial charge in [0, 0.05) is 19.0 Å². The molecule has 0 saturated carbocycles. The van der Waals surface area contributed by atoms with Crippen molar-refractivity contribution in [2.24, 2.45) is 0 Å². The van der Waals surface area contributed by atoms with Crippen LogP contribution in [0.2, 0.25) is 0 Å². The molecule has 1 N–H and O–H groups in total. The molecule has 0 spiro atoms. The molecule has 0 unspecified atom stereocenters. The molecular weight excluding hydrogens is 288 g/mol. The van der Waals surface area contributed by atoms with E-state index in [4.69, 9.17) is 5.11 Å². The number of aromatic nitrogens is 1. The maximum absolute atomic E-state index is 12.2. The lowest BCUT2D eigenvalue weighted by atomic mass is 9.98. The molecule has 0 bridgehead atoms. The lowest BCUT2D eigenvalue weighted by Gasteiger charge is -2.15. The van der Waals surface area contributed by atoms with E-state index in [9.17, 15) is 13.2 Å². The van der Waals surface area contributed by atoms with Gasteiger partial charge in [0.1, 0.15) is 0 Å². The Morgan fingerprint density at radius 1 is 1.47 bits per heavy atom. The summed E-state index contributed by atoms with van der Waals surface area (Å²) in [5.74, 6) is -1.03. The van der Waals surface area contributed by atoms with Gasteiger partial charge in [-0.3, -0.25) is 4.79 Å². The first-order chi connectivity index (χ1) is 8.55. The Hall–Kier alpha value is -0.990. The van der Waals surface area contributed by atoms with Gasteiger partial charge in [-0.2, -0.15) is 4.31 Å². The number of carboxylic acid groups (broad SMARTS) is 1. The highest BCUT2D eigenvalue weighted by molar-refractivity contribution is 7.91. The topological polar surface area (TPSA) is 87.6 Å². The zero-order valence-corrected chi connectivity index (χ0v) is 13.0. The van der Waals surface area contributed by atoms with Crippen LogP contribution in [0, 0.1) is 0 Å². The number of sulfonamides is 1. The van der Waals surface area contributed by atoms with Crippen molar-refractivity contribution in [2.45, 2.75) is 36.8 Å². The number of thiazole rings is 1. The summed E-state index contributed by atoms with van der Waals surface area (Å²) in [4.78, 5) is 14.6. The van der Waals surface area contributed by atoms with Crippen molar-refractivity contribution < 1.29 is 18.3 Å². The highest BCUT2D eigenvalue weighted by Gasteiger charge is 2.26. The van der Waals surface area contributed by atoms with Gasteiger partial charge in [-0.05, 0) is 0 Å². The zero-order chi connectivity index (χ0) is 14.8. The fourth-order valence-electron chi connectivity index (χ4n) is 1.25. The fraction of sp³-hybridized carbons (Fsp3) is 0.636. The molecule has 0 aliphatic heterocycles. The van der Waals surface area contributed by atoms with Gasteiger partial charge in [-0.15, -0.1) is 11.3 Å². The van der Waals surface area contributed by atoms with Gasteiger partial charge in [0.15, 0.2) is 4.21 Å². The minimum Gasteiger partial charge on any atom is -0.481 e. The summed E-state index contributed by atoms with van der Waals surface area (Å²) in [7, 11) is -2.28. The Kier molecular flexibility index (Phi) is 4.70. The van der Waals surface area contributed by atoms with E-state index in [2.05, 4.69) is 4.98 Å². The summed E-state index contributed by atoms with van der Waals surface area (Å²) in [6.07, 6.45) is 1.11. The van der Waals surface area contributed by atoms with Gasteiger partial charge < -0.3 is 5.11 Å². The monoisotopic (exact) mass is 306 g/mol. The largest absolute Gasteiger partial charge is 0.481 e. The van der Waals surface area contributed by atoms with Crippen molar-refractivity contribution in [3.63, 3.8) is 0 Å². The predicted molar refractivity (Wildman–Crippen MR) is 72.9 cm³/mol. The molecule has 1 aromatic heterocycles. The first-order valence-corrected chi connectivity index (χ1v) is 7.95. The van der Waals surface area contributed by atoms with Gasteiger partial charge >= 0.3 is 5.97 Å². The van der Waals surface area contributed by atoms with Crippen LogP contribution in [-0.2, 0) is 20.2 Å². The quantitative estimate of drug-likeness (QED) is 0.891. The van der Waals surface area contributed by atoms with E-state index >= 15 is 0 Å². The molecule has 0 aliphatic carbocycles. The molecule has 1 heterocycles. The van der Waals surface area contributed by atoms with Gasteiger partial charge in [-0.25, -0.2) is 13.4 Å². The number of rotatable bonds is 5. The average molecular weight is 306 g/mol. The van der Waals surface area contributed by atoms with E-state index in [1.807, 2.05) is 20.8 Å². The first kappa shape index (κ1) is 16.1. The van der Waals surface area contributed by atoms with E-state index in [1.54, 1.807) is 0 Å². The molecule has 1 rings (SSSR count). The Balaban J connectivity index is 2.94. The van der Waals surface area contributed by atoms with Gasteiger partial charge in [0.05, 0.1) is 17.6 Å². The second-order valence-electron chi connectivity index (χ2n) is 5.20. The molecule has 0 saturated heterocycles. The molecule has 1 aromatic rings. The number of hydrogen-bond donors (Lipinski definition) is 1. The van der Waals surface area contributed by atoms with E-state index < -0.39 is 16.0 Å². The van der Waals surface area contributed by atoms with Crippen molar-refractivity contribution in [2.75, 3.05) is 13.6 Å². The third-order valence-electron chi connectivity index (χ3n) is 2.43. The van der Waals surface area contributed by atoms with Crippen LogP contribution in [0.5, 0.6) is 0 Å². The second-order valence-corrected chi connectivity index (χ2v) is 8.51. The smallest absolute Gasteiger partial charge is 0.304 e. The van der Waals surface area contributed by atoms with Crippen molar-refractivity contribution >= 4 is 27.3 Å². The number of carboxylic acids is 1. The maximum Gasteiger partial charge on any atom is 0.304 e. The van der Waals surface area contributed by atoms with Crippen LogP contribution in [0.3, 0.4) is 0 Å². The van der Waals surface area contributed by atoms with Crippen LogP contribution in [-0.4, -0.2) is 42.4 Å². The molecule has 19 heavy (non-hydrogen) atoms.